The van der Waals surface area contributed by atoms with Gasteiger partial charge in [0.2, 0.25) is 0 Å². The van der Waals surface area contributed by atoms with Crippen molar-refractivity contribution in [2.45, 2.75) is 31.5 Å². The average molecular weight is 535 g/mol. The first-order valence-corrected chi connectivity index (χ1v) is 10.6. The van der Waals surface area contributed by atoms with E-state index < -0.39 is 9.84 Å². The fourth-order valence-corrected chi connectivity index (χ4v) is 3.79. The molecule has 0 unspecified atom stereocenters. The van der Waals surface area contributed by atoms with Crippen molar-refractivity contribution in [2.24, 2.45) is 4.99 Å². The molecule has 9 heteroatoms. The first-order valence-electron chi connectivity index (χ1n) is 8.75. The molecule has 0 spiro atoms. The Morgan fingerprint density at radius 1 is 1.10 bits per heavy atom. The van der Waals surface area contributed by atoms with E-state index in [1.165, 1.54) is 19.4 Å². The summed E-state index contributed by atoms with van der Waals surface area (Å²) in [4.78, 5) is 4.51. The van der Waals surface area contributed by atoms with Crippen molar-refractivity contribution < 1.29 is 17.5 Å². The van der Waals surface area contributed by atoms with Gasteiger partial charge in [0.05, 0.1) is 11.5 Å². The van der Waals surface area contributed by atoms with Gasteiger partial charge in [0.1, 0.15) is 5.82 Å². The zero-order chi connectivity index (χ0) is 20.7. The van der Waals surface area contributed by atoms with Gasteiger partial charge in [0.25, 0.3) is 0 Å². The maximum absolute atomic E-state index is 13.7. The number of sulfone groups is 1. The first-order chi connectivity index (χ1) is 13.2. The standard InChI is InChI=1S/C20H26FN3O3S.HI/c1-14-9-15(6-8-19(14)28(4,25)26)11-23-20(22-2)24-12-16-5-7-18(21)17(10-16)13-27-3;/h5-10H,11-13H2,1-4H3,(H2,22,23,24);1H. The van der Waals surface area contributed by atoms with Crippen LogP contribution in [0.2, 0.25) is 0 Å². The molecule has 2 N–H and O–H groups in total. The lowest BCUT2D eigenvalue weighted by Gasteiger charge is -2.14. The van der Waals surface area contributed by atoms with Crippen molar-refractivity contribution in [3.63, 3.8) is 0 Å². The molecule has 0 heterocycles. The van der Waals surface area contributed by atoms with Gasteiger partial charge in [-0.2, -0.15) is 0 Å². The Morgan fingerprint density at radius 2 is 1.69 bits per heavy atom. The quantitative estimate of drug-likeness (QED) is 0.324. The van der Waals surface area contributed by atoms with Crippen molar-refractivity contribution >= 4 is 39.8 Å². The van der Waals surface area contributed by atoms with Crippen LogP contribution in [0.3, 0.4) is 0 Å². The summed E-state index contributed by atoms with van der Waals surface area (Å²) >= 11 is 0. The fraction of sp³-hybridized carbons (Fsp3) is 0.350. The molecule has 0 aliphatic heterocycles. The van der Waals surface area contributed by atoms with Crippen LogP contribution in [-0.2, 0) is 34.3 Å². The first kappa shape index (κ1) is 25.3. The zero-order valence-electron chi connectivity index (χ0n) is 17.0. The predicted octanol–water partition coefficient (Wildman–Crippen LogP) is 3.17. The molecular weight excluding hydrogens is 508 g/mol. The number of methoxy groups -OCH3 is 1. The molecule has 0 aliphatic carbocycles. The van der Waals surface area contributed by atoms with E-state index in [0.717, 1.165) is 11.1 Å². The number of guanidine groups is 1. The monoisotopic (exact) mass is 535 g/mol. The molecule has 0 radical (unpaired) electrons. The molecule has 2 aromatic rings. The average Bonchev–Trinajstić information content (AvgIpc) is 2.63. The SMILES string of the molecule is CN=C(NCc1ccc(S(C)(=O)=O)c(C)c1)NCc1ccc(F)c(COC)c1.I. The van der Waals surface area contributed by atoms with E-state index in [2.05, 4.69) is 15.6 Å². The number of hydrogen-bond donors (Lipinski definition) is 2. The lowest BCUT2D eigenvalue weighted by Crippen LogP contribution is -2.36. The molecule has 0 saturated carbocycles. The molecule has 160 valence electrons. The number of halogens is 2. The molecule has 0 amide bonds. The van der Waals surface area contributed by atoms with Gasteiger partial charge < -0.3 is 15.4 Å². The number of rotatable bonds is 7. The van der Waals surface area contributed by atoms with Crippen LogP contribution in [0.25, 0.3) is 0 Å². The summed E-state index contributed by atoms with van der Waals surface area (Å²) in [6.07, 6.45) is 1.20. The highest BCUT2D eigenvalue weighted by molar-refractivity contribution is 14.0. The summed E-state index contributed by atoms with van der Waals surface area (Å²) in [5.41, 5.74) is 3.06. The summed E-state index contributed by atoms with van der Waals surface area (Å²) in [5, 5.41) is 6.36. The van der Waals surface area contributed by atoms with Crippen LogP contribution in [0.1, 0.15) is 22.3 Å². The lowest BCUT2D eigenvalue weighted by atomic mass is 10.1. The van der Waals surface area contributed by atoms with Gasteiger partial charge in [-0.3, -0.25) is 4.99 Å². The van der Waals surface area contributed by atoms with Crippen molar-refractivity contribution in [2.75, 3.05) is 20.4 Å². The number of nitrogens with one attached hydrogen (secondary N) is 2. The highest BCUT2D eigenvalue weighted by atomic mass is 127. The molecule has 29 heavy (non-hydrogen) atoms. The number of ether oxygens (including phenoxy) is 1. The van der Waals surface area contributed by atoms with E-state index in [4.69, 9.17) is 4.74 Å². The van der Waals surface area contributed by atoms with E-state index in [1.54, 1.807) is 38.2 Å². The summed E-state index contributed by atoms with van der Waals surface area (Å²) in [5.74, 6) is 0.295. The van der Waals surface area contributed by atoms with Gasteiger partial charge in [0.15, 0.2) is 15.8 Å². The van der Waals surface area contributed by atoms with Gasteiger partial charge in [-0.25, -0.2) is 12.8 Å². The summed E-state index contributed by atoms with van der Waals surface area (Å²) in [7, 11) is -0.0393. The largest absolute Gasteiger partial charge is 0.380 e. The van der Waals surface area contributed by atoms with Crippen LogP contribution in [-0.4, -0.2) is 34.8 Å². The van der Waals surface area contributed by atoms with Crippen molar-refractivity contribution in [1.82, 2.24) is 10.6 Å². The highest BCUT2D eigenvalue weighted by Crippen LogP contribution is 2.16. The Kier molecular flexibility index (Phi) is 10.0. The van der Waals surface area contributed by atoms with E-state index in [-0.39, 0.29) is 36.4 Å². The maximum atomic E-state index is 13.7. The van der Waals surface area contributed by atoms with Crippen molar-refractivity contribution in [1.29, 1.82) is 0 Å². The fourth-order valence-electron chi connectivity index (χ4n) is 2.83. The molecule has 0 aliphatic rings. The zero-order valence-corrected chi connectivity index (χ0v) is 20.1. The number of nitrogens with zero attached hydrogens (tertiary/aromatic N) is 1. The molecule has 0 bridgehead atoms. The Morgan fingerprint density at radius 3 is 2.21 bits per heavy atom. The molecule has 2 rings (SSSR count). The molecule has 2 aromatic carbocycles. The Balaban J connectivity index is 0.00000420. The second kappa shape index (κ2) is 11.5. The molecular formula is C20H27FIN3O3S. The van der Waals surface area contributed by atoms with Crippen LogP contribution in [0.15, 0.2) is 46.3 Å². The molecule has 6 nitrogen and oxygen atoms in total. The molecule has 0 aromatic heterocycles. The second-order valence-corrected chi connectivity index (χ2v) is 8.49. The van der Waals surface area contributed by atoms with Crippen LogP contribution in [0, 0.1) is 12.7 Å². The number of aliphatic imine (C=N–C) groups is 1. The van der Waals surface area contributed by atoms with E-state index in [1.807, 2.05) is 6.07 Å². The van der Waals surface area contributed by atoms with E-state index in [9.17, 15) is 12.8 Å². The van der Waals surface area contributed by atoms with Crippen LogP contribution < -0.4 is 10.6 Å². The van der Waals surface area contributed by atoms with Gasteiger partial charge >= 0.3 is 0 Å². The van der Waals surface area contributed by atoms with Crippen molar-refractivity contribution in [3.8, 4) is 0 Å². The smallest absolute Gasteiger partial charge is 0.191 e. The minimum atomic E-state index is -3.23. The maximum Gasteiger partial charge on any atom is 0.191 e. The Hall–Kier alpha value is -1.72. The van der Waals surface area contributed by atoms with Crippen LogP contribution >= 0.6 is 24.0 Å². The Bertz CT molecular complexity index is 965. The third-order valence-electron chi connectivity index (χ3n) is 4.19. The van der Waals surface area contributed by atoms with Crippen molar-refractivity contribution in [3.05, 3.63) is 64.5 Å². The molecule has 0 saturated heterocycles. The highest BCUT2D eigenvalue weighted by Gasteiger charge is 2.11. The Labute approximate surface area is 188 Å². The normalized spacial score (nSPS) is 11.7. The van der Waals surface area contributed by atoms with E-state index in [0.29, 0.717) is 35.1 Å². The van der Waals surface area contributed by atoms with Gasteiger partial charge in [-0.1, -0.05) is 18.2 Å². The summed E-state index contributed by atoms with van der Waals surface area (Å²) in [6, 6.07) is 10.1. The number of benzene rings is 2. The minimum absolute atomic E-state index is 0. The van der Waals surface area contributed by atoms with Gasteiger partial charge in [-0.05, 0) is 41.8 Å². The number of hydrogen-bond acceptors (Lipinski definition) is 4. The third kappa shape index (κ3) is 7.56. The van der Waals surface area contributed by atoms with Crippen LogP contribution in [0.4, 0.5) is 4.39 Å². The second-order valence-electron chi connectivity index (χ2n) is 6.51. The minimum Gasteiger partial charge on any atom is -0.380 e. The molecule has 0 fully saturated rings. The van der Waals surface area contributed by atoms with Crippen LogP contribution in [0.5, 0.6) is 0 Å². The predicted molar refractivity (Wildman–Crippen MR) is 124 cm³/mol. The number of aryl methyl sites for hydroxylation is 1. The van der Waals surface area contributed by atoms with E-state index >= 15 is 0 Å². The molecule has 0 atom stereocenters. The van der Waals surface area contributed by atoms with Gasteiger partial charge in [-0.15, -0.1) is 24.0 Å². The third-order valence-corrected chi connectivity index (χ3v) is 5.45. The summed E-state index contributed by atoms with van der Waals surface area (Å²) in [6.45, 7) is 2.96. The summed E-state index contributed by atoms with van der Waals surface area (Å²) < 4.78 is 42.1. The lowest BCUT2D eigenvalue weighted by molar-refractivity contribution is 0.181. The topological polar surface area (TPSA) is 79.8 Å². The van der Waals surface area contributed by atoms with Gasteiger partial charge in [0, 0.05) is 39.1 Å².